The van der Waals surface area contributed by atoms with Crippen molar-refractivity contribution in [2.24, 2.45) is 5.92 Å². The van der Waals surface area contributed by atoms with Crippen molar-refractivity contribution in [3.05, 3.63) is 22.4 Å². The number of carbonyl (C=O) groups is 1. The molecule has 0 radical (unpaired) electrons. The minimum atomic E-state index is 0.197. The van der Waals surface area contributed by atoms with Crippen molar-refractivity contribution in [1.29, 1.82) is 0 Å². The highest BCUT2D eigenvalue weighted by molar-refractivity contribution is 7.99. The summed E-state index contributed by atoms with van der Waals surface area (Å²) in [5.41, 5.74) is 0. The first-order valence-electron chi connectivity index (χ1n) is 6.74. The fraction of sp³-hybridized carbons (Fsp3) is 0.643. The highest BCUT2D eigenvalue weighted by atomic mass is 32.2. The minimum Gasteiger partial charge on any atom is -0.396 e. The van der Waals surface area contributed by atoms with Crippen LogP contribution >= 0.6 is 23.1 Å². The van der Waals surface area contributed by atoms with Gasteiger partial charge in [-0.1, -0.05) is 13.0 Å². The number of aliphatic hydroxyl groups is 1. The number of thiophene rings is 1. The van der Waals surface area contributed by atoms with Crippen LogP contribution in [0.3, 0.4) is 0 Å². The van der Waals surface area contributed by atoms with Crippen LogP contribution in [0.15, 0.2) is 17.5 Å². The number of aliphatic hydroxyl groups excluding tert-OH is 1. The van der Waals surface area contributed by atoms with Crippen molar-refractivity contribution >= 4 is 29.0 Å². The largest absolute Gasteiger partial charge is 0.396 e. The molecular weight excluding hydrogens is 278 g/mol. The lowest BCUT2D eigenvalue weighted by Gasteiger charge is -2.24. The van der Waals surface area contributed by atoms with E-state index in [9.17, 15) is 4.79 Å². The van der Waals surface area contributed by atoms with Crippen LogP contribution in [0.2, 0.25) is 0 Å². The Labute approximate surface area is 123 Å². The van der Waals surface area contributed by atoms with Crippen molar-refractivity contribution in [3.8, 4) is 0 Å². The van der Waals surface area contributed by atoms with Crippen molar-refractivity contribution < 1.29 is 9.90 Å². The van der Waals surface area contributed by atoms with Gasteiger partial charge in [-0.2, -0.15) is 11.8 Å². The molecule has 0 aliphatic carbocycles. The Morgan fingerprint density at radius 1 is 1.68 bits per heavy atom. The monoisotopic (exact) mass is 299 g/mol. The van der Waals surface area contributed by atoms with E-state index in [-0.39, 0.29) is 18.4 Å². The summed E-state index contributed by atoms with van der Waals surface area (Å²) in [7, 11) is 0. The standard InChI is InChI=1S/C14H21NO2S2/c1-11(8-16)9-18-10-14(17)15-6-2-4-12(15)13-5-3-7-19-13/h3,5,7,11-12,16H,2,4,6,8-10H2,1H3. The van der Waals surface area contributed by atoms with Crippen molar-refractivity contribution in [2.75, 3.05) is 24.7 Å². The number of hydrogen-bond acceptors (Lipinski definition) is 4. The van der Waals surface area contributed by atoms with Crippen LogP contribution < -0.4 is 0 Å². The summed E-state index contributed by atoms with van der Waals surface area (Å²) < 4.78 is 0. The molecule has 2 rings (SSSR count). The molecule has 106 valence electrons. The molecule has 0 saturated carbocycles. The zero-order valence-electron chi connectivity index (χ0n) is 11.2. The number of carbonyl (C=O) groups excluding carboxylic acids is 1. The molecule has 1 amide bonds. The Balaban J connectivity index is 1.84. The second-order valence-corrected chi connectivity index (χ2v) is 7.07. The lowest BCUT2D eigenvalue weighted by atomic mass is 10.2. The first-order chi connectivity index (χ1) is 9.22. The lowest BCUT2D eigenvalue weighted by Crippen LogP contribution is -2.31. The van der Waals surface area contributed by atoms with E-state index >= 15 is 0 Å². The quantitative estimate of drug-likeness (QED) is 0.878. The third-order valence-electron chi connectivity index (χ3n) is 3.38. The highest BCUT2D eigenvalue weighted by Gasteiger charge is 2.30. The zero-order chi connectivity index (χ0) is 13.7. The third kappa shape index (κ3) is 3.97. The van der Waals surface area contributed by atoms with Gasteiger partial charge in [-0.3, -0.25) is 4.79 Å². The molecule has 2 unspecified atom stereocenters. The fourth-order valence-electron chi connectivity index (χ4n) is 2.32. The first-order valence-corrected chi connectivity index (χ1v) is 8.77. The Bertz CT molecular complexity index is 394. The van der Waals surface area contributed by atoms with Gasteiger partial charge in [0.25, 0.3) is 0 Å². The zero-order valence-corrected chi connectivity index (χ0v) is 12.9. The van der Waals surface area contributed by atoms with Crippen LogP contribution in [0.1, 0.15) is 30.7 Å². The van der Waals surface area contributed by atoms with Gasteiger partial charge in [0.15, 0.2) is 0 Å². The Morgan fingerprint density at radius 2 is 2.53 bits per heavy atom. The summed E-state index contributed by atoms with van der Waals surface area (Å²) in [4.78, 5) is 15.6. The fourth-order valence-corrected chi connectivity index (χ4v) is 4.16. The second-order valence-electron chi connectivity index (χ2n) is 5.06. The molecule has 5 heteroatoms. The molecule has 0 spiro atoms. The number of hydrogen-bond donors (Lipinski definition) is 1. The van der Waals surface area contributed by atoms with Crippen LogP contribution in [0.5, 0.6) is 0 Å². The van der Waals surface area contributed by atoms with Gasteiger partial charge in [0.1, 0.15) is 0 Å². The summed E-state index contributed by atoms with van der Waals surface area (Å²) in [6.45, 7) is 3.09. The molecule has 1 aromatic heterocycles. The number of thioether (sulfide) groups is 1. The molecule has 2 heterocycles. The van der Waals surface area contributed by atoms with E-state index in [2.05, 4.69) is 17.5 Å². The average molecular weight is 299 g/mol. The van der Waals surface area contributed by atoms with Crippen LogP contribution in [-0.4, -0.2) is 40.6 Å². The van der Waals surface area contributed by atoms with E-state index in [4.69, 9.17) is 5.11 Å². The van der Waals surface area contributed by atoms with Crippen molar-refractivity contribution in [1.82, 2.24) is 4.90 Å². The summed E-state index contributed by atoms with van der Waals surface area (Å²) in [6.07, 6.45) is 2.19. The van der Waals surface area contributed by atoms with Crippen molar-refractivity contribution in [2.45, 2.75) is 25.8 Å². The maximum Gasteiger partial charge on any atom is 0.233 e. The molecule has 0 bridgehead atoms. The number of rotatable bonds is 6. The molecule has 1 saturated heterocycles. The molecule has 1 aromatic rings. The van der Waals surface area contributed by atoms with Crippen LogP contribution in [-0.2, 0) is 4.79 Å². The van der Waals surface area contributed by atoms with Gasteiger partial charge in [0.2, 0.25) is 5.91 Å². The third-order valence-corrected chi connectivity index (χ3v) is 5.61. The lowest BCUT2D eigenvalue weighted by molar-refractivity contribution is -0.129. The Kier molecular flexibility index (Phi) is 5.73. The molecule has 1 aliphatic rings. The normalized spacial score (nSPS) is 20.7. The van der Waals surface area contributed by atoms with Gasteiger partial charge >= 0.3 is 0 Å². The molecule has 3 nitrogen and oxygen atoms in total. The SMILES string of the molecule is CC(CO)CSCC(=O)N1CCCC1c1cccs1. The Hall–Kier alpha value is -0.520. The maximum absolute atomic E-state index is 12.3. The smallest absolute Gasteiger partial charge is 0.233 e. The van der Waals surface area contributed by atoms with Gasteiger partial charge in [-0.05, 0) is 36.0 Å². The number of amides is 1. The predicted octanol–water partition coefficient (Wildman–Crippen LogP) is 2.77. The highest BCUT2D eigenvalue weighted by Crippen LogP contribution is 2.34. The number of likely N-dealkylation sites (tertiary alicyclic amines) is 1. The van der Waals surface area contributed by atoms with E-state index < -0.39 is 0 Å². The van der Waals surface area contributed by atoms with Gasteiger partial charge in [-0.25, -0.2) is 0 Å². The predicted molar refractivity (Wildman–Crippen MR) is 81.6 cm³/mol. The maximum atomic E-state index is 12.3. The van der Waals surface area contributed by atoms with Gasteiger partial charge < -0.3 is 10.0 Å². The number of nitrogens with zero attached hydrogens (tertiary/aromatic N) is 1. The first kappa shape index (κ1) is 14.9. The molecule has 2 atom stereocenters. The molecular formula is C14H21NO2S2. The van der Waals surface area contributed by atoms with E-state index in [1.54, 1.807) is 23.1 Å². The van der Waals surface area contributed by atoms with Crippen molar-refractivity contribution in [3.63, 3.8) is 0 Å². The summed E-state index contributed by atoms with van der Waals surface area (Å²) >= 11 is 3.37. The van der Waals surface area contributed by atoms with Crippen LogP contribution in [0, 0.1) is 5.92 Å². The second kappa shape index (κ2) is 7.31. The molecule has 19 heavy (non-hydrogen) atoms. The van der Waals surface area contributed by atoms with Gasteiger partial charge in [0.05, 0.1) is 11.8 Å². The molecule has 1 aliphatic heterocycles. The van der Waals surface area contributed by atoms with Gasteiger partial charge in [-0.15, -0.1) is 11.3 Å². The van der Waals surface area contributed by atoms with E-state index in [1.165, 1.54) is 4.88 Å². The molecule has 1 fully saturated rings. The minimum absolute atomic E-state index is 0.197. The summed E-state index contributed by atoms with van der Waals surface area (Å²) in [5.74, 6) is 1.89. The molecule has 1 N–H and O–H groups in total. The van der Waals surface area contributed by atoms with E-state index in [0.29, 0.717) is 11.8 Å². The molecule has 0 aromatic carbocycles. The average Bonchev–Trinajstić information content (AvgIpc) is 3.08. The van der Waals surface area contributed by atoms with E-state index in [1.807, 2.05) is 11.8 Å². The summed E-state index contributed by atoms with van der Waals surface area (Å²) in [6, 6.07) is 4.48. The van der Waals surface area contributed by atoms with Gasteiger partial charge in [0, 0.05) is 18.0 Å². The topological polar surface area (TPSA) is 40.5 Å². The van der Waals surface area contributed by atoms with Crippen LogP contribution in [0.25, 0.3) is 0 Å². The summed E-state index contributed by atoms with van der Waals surface area (Å²) in [5, 5.41) is 11.0. The van der Waals surface area contributed by atoms with E-state index in [0.717, 1.165) is 25.1 Å². The Morgan fingerprint density at radius 3 is 3.21 bits per heavy atom. The van der Waals surface area contributed by atoms with Crippen LogP contribution in [0.4, 0.5) is 0 Å².